The average Bonchev–Trinajstić information content (AvgIpc) is 2.76. The first kappa shape index (κ1) is 24.5. The highest BCUT2D eigenvalue weighted by atomic mass is 16.2. The number of hydrogen-bond acceptors (Lipinski definition) is 2. The molecular weight excluding hydrogens is 408 g/mol. The number of aryl methyl sites for hydroxylation is 2. The number of fused-ring (bicyclic) bond motifs is 1. The predicted octanol–water partition coefficient (Wildman–Crippen LogP) is 5.80. The third kappa shape index (κ3) is 6.67. The van der Waals surface area contributed by atoms with Crippen LogP contribution in [0.4, 0.5) is 0 Å². The summed E-state index contributed by atoms with van der Waals surface area (Å²) in [4.78, 5) is 28.5. The van der Waals surface area contributed by atoms with Gasteiger partial charge in [-0.1, -0.05) is 79.2 Å². The van der Waals surface area contributed by atoms with Crippen LogP contribution in [0.2, 0.25) is 0 Å². The van der Waals surface area contributed by atoms with Crippen molar-refractivity contribution in [3.63, 3.8) is 0 Å². The minimum absolute atomic E-state index is 0.000324. The van der Waals surface area contributed by atoms with Gasteiger partial charge in [0.05, 0.1) is 0 Å². The number of hydrogen-bond donors (Lipinski definition) is 1. The van der Waals surface area contributed by atoms with Crippen LogP contribution in [-0.4, -0.2) is 28.3 Å². The minimum atomic E-state index is -0.509. The fourth-order valence-electron chi connectivity index (χ4n) is 4.28. The number of nitrogens with zero attached hydrogens (tertiary/aromatic N) is 1. The molecule has 0 heterocycles. The molecule has 1 atom stereocenters. The Labute approximate surface area is 198 Å². The van der Waals surface area contributed by atoms with Crippen molar-refractivity contribution in [1.82, 2.24) is 10.2 Å². The topological polar surface area (TPSA) is 49.4 Å². The average molecular weight is 445 g/mol. The summed E-state index contributed by atoms with van der Waals surface area (Å²) in [6.07, 6.45) is 1.56. The molecule has 0 spiro atoms. The van der Waals surface area contributed by atoms with E-state index in [0.29, 0.717) is 25.8 Å². The number of rotatable bonds is 8. The van der Waals surface area contributed by atoms with E-state index in [-0.39, 0.29) is 17.4 Å². The first-order chi connectivity index (χ1) is 15.7. The second kappa shape index (κ2) is 10.7. The van der Waals surface area contributed by atoms with Gasteiger partial charge in [-0.2, -0.15) is 0 Å². The summed E-state index contributed by atoms with van der Waals surface area (Å²) in [5.41, 5.74) is 2.98. The molecule has 4 nitrogen and oxygen atoms in total. The standard InChI is InChI=1S/C29H36N2O2/c1-6-26(28(33)30-29(3,4)5)31(20-22-12-9-11-21(2)19-22)27(32)18-17-24-15-10-14-23-13-7-8-16-25(23)24/h7-16,19,26H,6,17-18,20H2,1-5H3,(H,30,33)/t26-/m1/s1. The molecule has 1 N–H and O–H groups in total. The lowest BCUT2D eigenvalue weighted by Gasteiger charge is -2.33. The molecule has 0 unspecified atom stereocenters. The van der Waals surface area contributed by atoms with Crippen LogP contribution in [0.3, 0.4) is 0 Å². The highest BCUT2D eigenvalue weighted by Crippen LogP contribution is 2.21. The molecule has 3 aromatic rings. The van der Waals surface area contributed by atoms with Crippen LogP contribution in [0.25, 0.3) is 10.8 Å². The number of carbonyl (C=O) groups is 2. The Hall–Kier alpha value is -3.14. The zero-order chi connectivity index (χ0) is 24.0. The molecule has 0 aliphatic carbocycles. The Bertz CT molecular complexity index is 1110. The summed E-state index contributed by atoms with van der Waals surface area (Å²) in [7, 11) is 0. The summed E-state index contributed by atoms with van der Waals surface area (Å²) >= 11 is 0. The van der Waals surface area contributed by atoms with Gasteiger partial charge < -0.3 is 10.2 Å². The summed E-state index contributed by atoms with van der Waals surface area (Å²) in [5, 5.41) is 5.42. The summed E-state index contributed by atoms with van der Waals surface area (Å²) in [6.45, 7) is 10.3. The Kier molecular flexibility index (Phi) is 7.91. The first-order valence-corrected chi connectivity index (χ1v) is 11.8. The molecule has 0 radical (unpaired) electrons. The molecule has 174 valence electrons. The Morgan fingerprint density at radius 2 is 1.67 bits per heavy atom. The Morgan fingerprint density at radius 1 is 0.970 bits per heavy atom. The van der Waals surface area contributed by atoms with Crippen molar-refractivity contribution in [2.75, 3.05) is 0 Å². The van der Waals surface area contributed by atoms with E-state index < -0.39 is 6.04 Å². The molecule has 3 rings (SSSR count). The quantitative estimate of drug-likeness (QED) is 0.477. The van der Waals surface area contributed by atoms with E-state index in [9.17, 15) is 9.59 Å². The molecule has 0 saturated heterocycles. The van der Waals surface area contributed by atoms with Crippen LogP contribution in [0, 0.1) is 6.92 Å². The molecule has 2 amide bonds. The lowest BCUT2D eigenvalue weighted by molar-refractivity contribution is -0.142. The van der Waals surface area contributed by atoms with Crippen molar-refractivity contribution >= 4 is 22.6 Å². The third-order valence-corrected chi connectivity index (χ3v) is 5.81. The van der Waals surface area contributed by atoms with E-state index in [1.807, 2.05) is 71.0 Å². The van der Waals surface area contributed by atoms with Crippen molar-refractivity contribution in [2.24, 2.45) is 0 Å². The van der Waals surface area contributed by atoms with Crippen molar-refractivity contribution < 1.29 is 9.59 Å². The lowest BCUT2D eigenvalue weighted by atomic mass is 10.00. The van der Waals surface area contributed by atoms with Gasteiger partial charge in [-0.05, 0) is 62.4 Å². The maximum atomic E-state index is 13.6. The van der Waals surface area contributed by atoms with Crippen LogP contribution < -0.4 is 5.32 Å². The van der Waals surface area contributed by atoms with Crippen LogP contribution in [0.5, 0.6) is 0 Å². The number of benzene rings is 3. The molecule has 0 fully saturated rings. The van der Waals surface area contributed by atoms with Gasteiger partial charge >= 0.3 is 0 Å². The number of nitrogens with one attached hydrogen (secondary N) is 1. The van der Waals surface area contributed by atoms with Crippen molar-refractivity contribution in [2.45, 2.75) is 72.0 Å². The number of amides is 2. The van der Waals surface area contributed by atoms with Crippen molar-refractivity contribution in [1.29, 1.82) is 0 Å². The van der Waals surface area contributed by atoms with Gasteiger partial charge in [-0.3, -0.25) is 9.59 Å². The van der Waals surface area contributed by atoms with E-state index in [2.05, 4.69) is 35.6 Å². The zero-order valence-electron chi connectivity index (χ0n) is 20.5. The van der Waals surface area contributed by atoms with E-state index >= 15 is 0 Å². The maximum Gasteiger partial charge on any atom is 0.243 e. The van der Waals surface area contributed by atoms with Crippen molar-refractivity contribution in [3.8, 4) is 0 Å². The third-order valence-electron chi connectivity index (χ3n) is 5.81. The van der Waals surface area contributed by atoms with Gasteiger partial charge in [-0.25, -0.2) is 0 Å². The largest absolute Gasteiger partial charge is 0.350 e. The van der Waals surface area contributed by atoms with Gasteiger partial charge in [0.1, 0.15) is 6.04 Å². The summed E-state index contributed by atoms with van der Waals surface area (Å²) in [6, 6.07) is 22.1. The molecule has 4 heteroatoms. The predicted molar refractivity (Wildman–Crippen MR) is 136 cm³/mol. The molecule has 0 aliphatic rings. The van der Waals surface area contributed by atoms with E-state index in [1.54, 1.807) is 4.90 Å². The monoisotopic (exact) mass is 444 g/mol. The smallest absolute Gasteiger partial charge is 0.243 e. The molecule has 0 aromatic heterocycles. The number of carbonyl (C=O) groups excluding carboxylic acids is 2. The SMILES string of the molecule is CC[C@H](C(=O)NC(C)(C)C)N(Cc1cccc(C)c1)C(=O)CCc1cccc2ccccc12. The lowest BCUT2D eigenvalue weighted by Crippen LogP contribution is -2.53. The van der Waals surface area contributed by atoms with Crippen LogP contribution in [0.15, 0.2) is 66.7 Å². The van der Waals surface area contributed by atoms with E-state index in [4.69, 9.17) is 0 Å². The summed E-state index contributed by atoms with van der Waals surface area (Å²) in [5.74, 6) is -0.100. The molecule has 33 heavy (non-hydrogen) atoms. The molecule has 0 saturated carbocycles. The fraction of sp³-hybridized carbons (Fsp3) is 0.379. The Morgan fingerprint density at radius 3 is 2.36 bits per heavy atom. The van der Waals surface area contributed by atoms with Crippen LogP contribution in [-0.2, 0) is 22.6 Å². The highest BCUT2D eigenvalue weighted by Gasteiger charge is 2.30. The normalized spacial score (nSPS) is 12.4. The second-order valence-electron chi connectivity index (χ2n) is 9.81. The van der Waals surface area contributed by atoms with Gasteiger partial charge in [0.25, 0.3) is 0 Å². The van der Waals surface area contributed by atoms with Crippen molar-refractivity contribution in [3.05, 3.63) is 83.4 Å². The fourth-order valence-corrected chi connectivity index (χ4v) is 4.28. The molecular formula is C29H36N2O2. The zero-order valence-corrected chi connectivity index (χ0v) is 20.5. The second-order valence-corrected chi connectivity index (χ2v) is 9.81. The van der Waals surface area contributed by atoms with Gasteiger partial charge in [-0.15, -0.1) is 0 Å². The van der Waals surface area contributed by atoms with E-state index in [0.717, 1.165) is 16.7 Å². The summed E-state index contributed by atoms with van der Waals surface area (Å²) < 4.78 is 0. The van der Waals surface area contributed by atoms with Crippen LogP contribution in [0.1, 0.15) is 57.2 Å². The van der Waals surface area contributed by atoms with Gasteiger partial charge in [0.2, 0.25) is 11.8 Å². The molecule has 3 aromatic carbocycles. The molecule has 0 bridgehead atoms. The molecule has 0 aliphatic heterocycles. The van der Waals surface area contributed by atoms with Gasteiger partial charge in [0.15, 0.2) is 0 Å². The Balaban J connectivity index is 1.85. The van der Waals surface area contributed by atoms with E-state index in [1.165, 1.54) is 10.8 Å². The van der Waals surface area contributed by atoms with Gasteiger partial charge in [0, 0.05) is 18.5 Å². The first-order valence-electron chi connectivity index (χ1n) is 11.8. The minimum Gasteiger partial charge on any atom is -0.350 e. The maximum absolute atomic E-state index is 13.6. The van der Waals surface area contributed by atoms with Crippen LogP contribution >= 0.6 is 0 Å². The highest BCUT2D eigenvalue weighted by molar-refractivity contribution is 5.89.